The molecule has 88 valence electrons. The SMILES string of the molecule is CC1(C)CC(SCc2ccccc2C#N)=NO1. The summed E-state index contributed by atoms with van der Waals surface area (Å²) in [5.41, 5.74) is 1.60. The van der Waals surface area contributed by atoms with E-state index in [0.717, 1.165) is 28.3 Å². The van der Waals surface area contributed by atoms with E-state index >= 15 is 0 Å². The third kappa shape index (κ3) is 3.01. The van der Waals surface area contributed by atoms with Gasteiger partial charge in [-0.3, -0.25) is 0 Å². The second-order valence-corrected chi connectivity index (χ2v) is 5.62. The molecule has 0 fully saturated rings. The van der Waals surface area contributed by atoms with Gasteiger partial charge in [-0.25, -0.2) is 0 Å². The van der Waals surface area contributed by atoms with E-state index in [1.807, 2.05) is 38.1 Å². The molecule has 0 unspecified atom stereocenters. The monoisotopic (exact) mass is 246 g/mol. The van der Waals surface area contributed by atoms with Crippen molar-refractivity contribution in [2.75, 3.05) is 0 Å². The summed E-state index contributed by atoms with van der Waals surface area (Å²) in [5, 5.41) is 14.0. The zero-order valence-electron chi connectivity index (χ0n) is 9.93. The van der Waals surface area contributed by atoms with Crippen LogP contribution in [-0.4, -0.2) is 10.6 Å². The number of nitriles is 1. The van der Waals surface area contributed by atoms with Crippen LogP contribution in [0.4, 0.5) is 0 Å². The van der Waals surface area contributed by atoms with E-state index in [1.54, 1.807) is 11.8 Å². The summed E-state index contributed by atoms with van der Waals surface area (Å²) in [6, 6.07) is 9.86. The summed E-state index contributed by atoms with van der Waals surface area (Å²) in [6.07, 6.45) is 0.840. The van der Waals surface area contributed by atoms with Crippen LogP contribution in [0.3, 0.4) is 0 Å². The Hall–Kier alpha value is -1.47. The molecule has 0 saturated carbocycles. The van der Waals surface area contributed by atoms with Crippen molar-refractivity contribution in [3.05, 3.63) is 35.4 Å². The minimum atomic E-state index is -0.183. The van der Waals surface area contributed by atoms with Crippen molar-refractivity contribution >= 4 is 16.8 Å². The normalized spacial score (nSPS) is 17.1. The highest BCUT2D eigenvalue weighted by Crippen LogP contribution is 2.29. The quantitative estimate of drug-likeness (QED) is 0.804. The highest BCUT2D eigenvalue weighted by molar-refractivity contribution is 8.13. The van der Waals surface area contributed by atoms with Crippen LogP contribution in [0.1, 0.15) is 31.4 Å². The molecule has 4 heteroatoms. The summed E-state index contributed by atoms with van der Waals surface area (Å²) in [7, 11) is 0. The molecule has 2 rings (SSSR count). The molecule has 1 heterocycles. The lowest BCUT2D eigenvalue weighted by Crippen LogP contribution is -2.18. The fourth-order valence-corrected chi connectivity index (χ4v) is 2.71. The molecule has 0 aliphatic carbocycles. The van der Waals surface area contributed by atoms with Crippen LogP contribution in [-0.2, 0) is 10.6 Å². The zero-order valence-corrected chi connectivity index (χ0v) is 10.8. The van der Waals surface area contributed by atoms with Crippen molar-refractivity contribution in [1.82, 2.24) is 0 Å². The predicted molar refractivity (Wildman–Crippen MR) is 69.7 cm³/mol. The molecular weight excluding hydrogens is 232 g/mol. The van der Waals surface area contributed by atoms with Gasteiger partial charge >= 0.3 is 0 Å². The van der Waals surface area contributed by atoms with Gasteiger partial charge in [0.1, 0.15) is 10.6 Å². The Morgan fingerprint density at radius 3 is 2.88 bits per heavy atom. The summed E-state index contributed by atoms with van der Waals surface area (Å²) >= 11 is 1.64. The van der Waals surface area contributed by atoms with Crippen LogP contribution in [0.5, 0.6) is 0 Å². The molecule has 1 aromatic carbocycles. The van der Waals surface area contributed by atoms with Crippen molar-refractivity contribution in [1.29, 1.82) is 5.26 Å². The number of hydrogen-bond acceptors (Lipinski definition) is 4. The third-order valence-corrected chi connectivity index (χ3v) is 3.51. The number of rotatable bonds is 2. The zero-order chi connectivity index (χ0) is 12.3. The van der Waals surface area contributed by atoms with Crippen molar-refractivity contribution in [3.8, 4) is 6.07 Å². The van der Waals surface area contributed by atoms with E-state index in [1.165, 1.54) is 0 Å². The first-order chi connectivity index (χ1) is 8.11. The lowest BCUT2D eigenvalue weighted by molar-refractivity contribution is 0.0123. The first-order valence-corrected chi connectivity index (χ1v) is 6.45. The van der Waals surface area contributed by atoms with Gasteiger partial charge in [-0.1, -0.05) is 23.4 Å². The minimum absolute atomic E-state index is 0.183. The Kier molecular flexibility index (Phi) is 3.39. The Morgan fingerprint density at radius 2 is 2.24 bits per heavy atom. The molecule has 0 saturated heterocycles. The van der Waals surface area contributed by atoms with Gasteiger partial charge in [0.2, 0.25) is 0 Å². The number of benzene rings is 1. The molecule has 0 radical (unpaired) electrons. The van der Waals surface area contributed by atoms with Crippen LogP contribution < -0.4 is 0 Å². The fraction of sp³-hybridized carbons (Fsp3) is 0.385. The Bertz CT molecular complexity index is 488. The highest BCUT2D eigenvalue weighted by atomic mass is 32.2. The molecule has 1 aliphatic heterocycles. The number of nitrogens with zero attached hydrogens (tertiary/aromatic N) is 2. The summed E-state index contributed by atoms with van der Waals surface area (Å²) in [5.74, 6) is 0.766. The fourth-order valence-electron chi connectivity index (χ4n) is 1.60. The summed E-state index contributed by atoms with van der Waals surface area (Å²) < 4.78 is 0. The molecule has 17 heavy (non-hydrogen) atoms. The molecule has 3 nitrogen and oxygen atoms in total. The van der Waals surface area contributed by atoms with Gasteiger partial charge in [0, 0.05) is 12.2 Å². The lowest BCUT2D eigenvalue weighted by atomic mass is 10.1. The van der Waals surface area contributed by atoms with Crippen LogP contribution in [0.25, 0.3) is 0 Å². The van der Waals surface area contributed by atoms with Crippen molar-refractivity contribution in [2.45, 2.75) is 31.6 Å². The number of oxime groups is 1. The van der Waals surface area contributed by atoms with Gasteiger partial charge < -0.3 is 4.84 Å². The molecule has 0 spiro atoms. The first-order valence-electron chi connectivity index (χ1n) is 5.46. The second kappa shape index (κ2) is 4.80. The molecule has 0 amide bonds. The maximum atomic E-state index is 8.98. The van der Waals surface area contributed by atoms with Crippen molar-refractivity contribution in [2.24, 2.45) is 5.16 Å². The van der Waals surface area contributed by atoms with Crippen LogP contribution in [0, 0.1) is 11.3 Å². The molecular formula is C13H14N2OS. The van der Waals surface area contributed by atoms with Crippen LogP contribution in [0.2, 0.25) is 0 Å². The van der Waals surface area contributed by atoms with Crippen LogP contribution in [0.15, 0.2) is 29.4 Å². The van der Waals surface area contributed by atoms with Gasteiger partial charge in [-0.15, -0.1) is 11.8 Å². The Morgan fingerprint density at radius 1 is 1.47 bits per heavy atom. The van der Waals surface area contributed by atoms with Gasteiger partial charge in [0.05, 0.1) is 11.6 Å². The van der Waals surface area contributed by atoms with Crippen LogP contribution >= 0.6 is 11.8 Å². The smallest absolute Gasteiger partial charge is 0.138 e. The largest absolute Gasteiger partial charge is 0.389 e. The van der Waals surface area contributed by atoms with E-state index in [-0.39, 0.29) is 5.60 Å². The van der Waals surface area contributed by atoms with Gasteiger partial charge in [-0.2, -0.15) is 5.26 Å². The number of thioether (sulfide) groups is 1. The summed E-state index contributed by atoms with van der Waals surface area (Å²) in [4.78, 5) is 5.30. The predicted octanol–water partition coefficient (Wildman–Crippen LogP) is 3.30. The molecule has 0 atom stereocenters. The average molecular weight is 246 g/mol. The van der Waals surface area contributed by atoms with Gasteiger partial charge in [0.15, 0.2) is 0 Å². The van der Waals surface area contributed by atoms with Crippen molar-refractivity contribution in [3.63, 3.8) is 0 Å². The maximum absolute atomic E-state index is 8.98. The number of hydrogen-bond donors (Lipinski definition) is 0. The molecule has 1 aromatic rings. The first kappa shape index (κ1) is 12.0. The minimum Gasteiger partial charge on any atom is -0.389 e. The summed E-state index contributed by atoms with van der Waals surface area (Å²) in [6.45, 7) is 4.04. The lowest BCUT2D eigenvalue weighted by Gasteiger charge is -2.13. The molecule has 1 aliphatic rings. The van der Waals surface area contributed by atoms with E-state index < -0.39 is 0 Å². The maximum Gasteiger partial charge on any atom is 0.138 e. The van der Waals surface area contributed by atoms with Crippen molar-refractivity contribution < 1.29 is 4.84 Å². The van der Waals surface area contributed by atoms with E-state index in [0.29, 0.717) is 0 Å². The third-order valence-electron chi connectivity index (χ3n) is 2.50. The van der Waals surface area contributed by atoms with E-state index in [2.05, 4.69) is 11.2 Å². The molecule has 0 bridgehead atoms. The topological polar surface area (TPSA) is 45.4 Å². The second-order valence-electron chi connectivity index (χ2n) is 4.57. The Labute approximate surface area is 105 Å². The molecule has 0 aromatic heterocycles. The average Bonchev–Trinajstić information content (AvgIpc) is 2.67. The van der Waals surface area contributed by atoms with E-state index in [9.17, 15) is 0 Å². The van der Waals surface area contributed by atoms with E-state index in [4.69, 9.17) is 10.1 Å². The van der Waals surface area contributed by atoms with Gasteiger partial charge in [-0.05, 0) is 25.5 Å². The molecule has 0 N–H and O–H groups in total. The standard InChI is InChI=1S/C13H14N2OS/c1-13(2)7-12(15-16-13)17-9-11-6-4-3-5-10(11)8-14/h3-6H,7,9H2,1-2H3. The Balaban J connectivity index is 1.98. The van der Waals surface area contributed by atoms with Gasteiger partial charge in [0.25, 0.3) is 0 Å². The highest BCUT2D eigenvalue weighted by Gasteiger charge is 2.28.